The molecule has 2 rings (SSSR count). The molecule has 2 aromatic heterocycles. The molecular weight excluding hydrogens is 214 g/mol. The van der Waals surface area contributed by atoms with E-state index in [9.17, 15) is 5.11 Å². The van der Waals surface area contributed by atoms with Crippen LogP contribution in [0.3, 0.4) is 0 Å². The Morgan fingerprint density at radius 3 is 2.93 bits per heavy atom. The van der Waals surface area contributed by atoms with Gasteiger partial charge in [-0.1, -0.05) is 0 Å². The van der Waals surface area contributed by atoms with E-state index in [0.717, 1.165) is 10.6 Å². The van der Waals surface area contributed by atoms with Crippen LogP contribution in [0.2, 0.25) is 0 Å². The Morgan fingerprint density at radius 2 is 2.36 bits per heavy atom. The van der Waals surface area contributed by atoms with Crippen LogP contribution in [-0.4, -0.2) is 10.1 Å². The number of aromatic nitrogens is 1. The number of rotatable bonds is 3. The van der Waals surface area contributed by atoms with Crippen molar-refractivity contribution in [2.24, 2.45) is 0 Å². The van der Waals surface area contributed by atoms with Crippen molar-refractivity contribution in [3.05, 3.63) is 39.0 Å². The second kappa shape index (κ2) is 3.81. The van der Waals surface area contributed by atoms with E-state index in [0.29, 0.717) is 6.42 Å². The zero-order valence-corrected chi connectivity index (χ0v) is 9.44. The molecule has 0 spiro atoms. The highest BCUT2D eigenvalue weighted by atomic mass is 32.1. The third-order valence-electron chi connectivity index (χ3n) is 2.12. The molecule has 0 saturated heterocycles. The predicted molar refractivity (Wildman–Crippen MR) is 59.7 cm³/mol. The van der Waals surface area contributed by atoms with E-state index < -0.39 is 5.60 Å². The fraction of sp³-hybridized carbons (Fsp3) is 0.300. The van der Waals surface area contributed by atoms with E-state index in [1.54, 1.807) is 28.9 Å². The maximum atomic E-state index is 10.2. The van der Waals surface area contributed by atoms with Gasteiger partial charge in [0.25, 0.3) is 0 Å². The lowest BCUT2D eigenvalue weighted by Gasteiger charge is -2.20. The van der Waals surface area contributed by atoms with Gasteiger partial charge in [0, 0.05) is 18.0 Å². The lowest BCUT2D eigenvalue weighted by atomic mass is 9.96. The molecule has 1 N–H and O–H groups in total. The molecule has 1 unspecified atom stereocenters. The molecule has 0 aliphatic heterocycles. The maximum absolute atomic E-state index is 10.2. The van der Waals surface area contributed by atoms with Crippen molar-refractivity contribution in [2.75, 3.05) is 0 Å². The van der Waals surface area contributed by atoms with Crippen molar-refractivity contribution in [3.63, 3.8) is 0 Å². The van der Waals surface area contributed by atoms with Crippen LogP contribution in [0.4, 0.5) is 0 Å². The first kappa shape index (κ1) is 9.83. The van der Waals surface area contributed by atoms with Crippen molar-refractivity contribution in [2.45, 2.75) is 18.9 Å². The summed E-state index contributed by atoms with van der Waals surface area (Å²) < 4.78 is 0. The van der Waals surface area contributed by atoms with Crippen molar-refractivity contribution in [3.8, 4) is 0 Å². The second-order valence-electron chi connectivity index (χ2n) is 3.39. The van der Waals surface area contributed by atoms with Gasteiger partial charge in [0.2, 0.25) is 0 Å². The van der Waals surface area contributed by atoms with Gasteiger partial charge >= 0.3 is 0 Å². The van der Waals surface area contributed by atoms with Crippen molar-refractivity contribution in [1.29, 1.82) is 0 Å². The minimum absolute atomic E-state index is 0.585. The molecule has 0 amide bonds. The van der Waals surface area contributed by atoms with Crippen LogP contribution in [-0.2, 0) is 12.0 Å². The number of thiazole rings is 1. The van der Waals surface area contributed by atoms with E-state index in [4.69, 9.17) is 0 Å². The number of thiophene rings is 1. The molecule has 2 nitrogen and oxygen atoms in total. The van der Waals surface area contributed by atoms with Gasteiger partial charge in [-0.05, 0) is 29.3 Å². The van der Waals surface area contributed by atoms with Crippen molar-refractivity contribution < 1.29 is 5.11 Å². The fourth-order valence-electron chi connectivity index (χ4n) is 1.31. The Balaban J connectivity index is 2.17. The summed E-state index contributed by atoms with van der Waals surface area (Å²) in [6, 6.07) is 1.96. The molecule has 0 fully saturated rings. The van der Waals surface area contributed by atoms with Gasteiger partial charge in [-0.15, -0.1) is 11.3 Å². The first-order valence-corrected chi connectivity index (χ1v) is 6.14. The zero-order valence-electron chi connectivity index (χ0n) is 7.80. The molecule has 14 heavy (non-hydrogen) atoms. The first-order chi connectivity index (χ1) is 6.68. The average molecular weight is 225 g/mol. The molecule has 0 aromatic carbocycles. The number of nitrogens with zero attached hydrogens (tertiary/aromatic N) is 1. The molecular formula is C10H11NOS2. The molecule has 74 valence electrons. The Morgan fingerprint density at radius 1 is 1.50 bits per heavy atom. The highest BCUT2D eigenvalue weighted by molar-refractivity contribution is 7.09. The van der Waals surface area contributed by atoms with Crippen LogP contribution in [0.15, 0.2) is 28.4 Å². The lowest BCUT2D eigenvalue weighted by Crippen LogP contribution is -2.23. The number of hydrogen-bond donors (Lipinski definition) is 1. The summed E-state index contributed by atoms with van der Waals surface area (Å²) in [6.07, 6.45) is 2.35. The largest absolute Gasteiger partial charge is 0.385 e. The lowest BCUT2D eigenvalue weighted by molar-refractivity contribution is 0.0580. The van der Waals surface area contributed by atoms with Crippen LogP contribution in [0.25, 0.3) is 0 Å². The Hall–Kier alpha value is -0.710. The van der Waals surface area contributed by atoms with Crippen LogP contribution in [0.1, 0.15) is 17.5 Å². The number of aliphatic hydroxyl groups is 1. The molecule has 0 saturated carbocycles. The molecule has 4 heteroatoms. The highest BCUT2D eigenvalue weighted by Crippen LogP contribution is 2.27. The fourth-order valence-corrected chi connectivity index (χ4v) is 2.86. The van der Waals surface area contributed by atoms with Gasteiger partial charge < -0.3 is 5.11 Å². The minimum Gasteiger partial charge on any atom is -0.385 e. The van der Waals surface area contributed by atoms with Gasteiger partial charge in [0.1, 0.15) is 0 Å². The summed E-state index contributed by atoms with van der Waals surface area (Å²) in [5.41, 5.74) is 0.176. The van der Waals surface area contributed by atoms with Crippen molar-refractivity contribution in [1.82, 2.24) is 4.98 Å². The highest BCUT2D eigenvalue weighted by Gasteiger charge is 2.24. The number of hydrogen-bond acceptors (Lipinski definition) is 4. The van der Waals surface area contributed by atoms with Crippen LogP contribution >= 0.6 is 22.7 Å². The Bertz CT molecular complexity index is 378. The zero-order chi connectivity index (χ0) is 10.0. The third kappa shape index (κ3) is 2.03. The second-order valence-corrected chi connectivity index (χ2v) is 5.15. The topological polar surface area (TPSA) is 33.1 Å². The summed E-state index contributed by atoms with van der Waals surface area (Å²) in [4.78, 5) is 4.17. The Kier molecular flexibility index (Phi) is 2.67. The van der Waals surface area contributed by atoms with Gasteiger partial charge in [0.05, 0.1) is 10.6 Å². The summed E-state index contributed by atoms with van der Waals surface area (Å²) >= 11 is 3.18. The maximum Gasteiger partial charge on any atom is 0.0956 e. The van der Waals surface area contributed by atoms with Crippen LogP contribution < -0.4 is 0 Å². The third-order valence-corrected chi connectivity index (χ3v) is 3.58. The SMILES string of the molecule is CC(O)(Cc1nccs1)c1ccsc1. The molecule has 0 radical (unpaired) electrons. The monoisotopic (exact) mass is 225 g/mol. The van der Waals surface area contributed by atoms with E-state index in [1.807, 2.05) is 29.1 Å². The summed E-state index contributed by atoms with van der Waals surface area (Å²) in [5.74, 6) is 0. The molecule has 2 aromatic rings. The standard InChI is InChI=1S/C10H11NOS2/c1-10(12,8-2-4-13-7-8)6-9-11-3-5-14-9/h2-5,7,12H,6H2,1H3. The smallest absolute Gasteiger partial charge is 0.0956 e. The minimum atomic E-state index is -0.794. The summed E-state index contributed by atoms with van der Waals surface area (Å²) in [5, 5.41) is 17.1. The van der Waals surface area contributed by atoms with Gasteiger partial charge in [-0.2, -0.15) is 11.3 Å². The summed E-state index contributed by atoms with van der Waals surface area (Å²) in [6.45, 7) is 1.83. The van der Waals surface area contributed by atoms with Crippen molar-refractivity contribution >= 4 is 22.7 Å². The van der Waals surface area contributed by atoms with E-state index in [2.05, 4.69) is 4.98 Å². The van der Waals surface area contributed by atoms with Gasteiger partial charge in [-0.3, -0.25) is 0 Å². The average Bonchev–Trinajstić information content (AvgIpc) is 2.71. The Labute approximate surface area is 90.9 Å². The van der Waals surface area contributed by atoms with Gasteiger partial charge in [0.15, 0.2) is 0 Å². The molecule has 0 bridgehead atoms. The quantitative estimate of drug-likeness (QED) is 0.871. The molecule has 0 aliphatic rings. The molecule has 0 aliphatic carbocycles. The molecule has 1 atom stereocenters. The first-order valence-electron chi connectivity index (χ1n) is 4.32. The molecule has 2 heterocycles. The summed E-state index contributed by atoms with van der Waals surface area (Å²) in [7, 11) is 0. The van der Waals surface area contributed by atoms with Crippen LogP contribution in [0, 0.1) is 0 Å². The van der Waals surface area contributed by atoms with Gasteiger partial charge in [-0.25, -0.2) is 4.98 Å². The normalized spacial score (nSPS) is 15.3. The van der Waals surface area contributed by atoms with E-state index >= 15 is 0 Å². The predicted octanol–water partition coefficient (Wildman–Crippen LogP) is 2.65. The van der Waals surface area contributed by atoms with Crippen LogP contribution in [0.5, 0.6) is 0 Å². The van der Waals surface area contributed by atoms with E-state index in [-0.39, 0.29) is 0 Å². The van der Waals surface area contributed by atoms with E-state index in [1.165, 1.54) is 0 Å².